The number of sulfonamides is 1. The van der Waals surface area contributed by atoms with Gasteiger partial charge in [0.2, 0.25) is 10.0 Å². The van der Waals surface area contributed by atoms with Crippen molar-refractivity contribution in [1.82, 2.24) is 14.1 Å². The molecule has 3 rings (SSSR count). The van der Waals surface area contributed by atoms with E-state index in [0.717, 1.165) is 12.8 Å². The Hall–Kier alpha value is -1.84. The highest BCUT2D eigenvalue weighted by Gasteiger charge is 2.31. The summed E-state index contributed by atoms with van der Waals surface area (Å²) in [4.78, 5) is 28.0. The summed E-state index contributed by atoms with van der Waals surface area (Å²) in [6.45, 7) is 4.62. The Morgan fingerprint density at radius 1 is 1.07 bits per heavy atom. The SMILES string of the molecule is COC(=O)N1CCCN(C(=O)c2ccc(Cl)c(S(=O)(=O)N3CCCC(C)C3)c2)CC1. The number of hydrogen-bond donors (Lipinski definition) is 0. The molecule has 2 aliphatic heterocycles. The summed E-state index contributed by atoms with van der Waals surface area (Å²) in [5.41, 5.74) is 0.273. The molecular formula is C20H28ClN3O5S. The minimum atomic E-state index is -3.78. The van der Waals surface area contributed by atoms with Crippen LogP contribution in [-0.2, 0) is 14.8 Å². The van der Waals surface area contributed by atoms with Gasteiger partial charge in [0, 0.05) is 44.8 Å². The second-order valence-electron chi connectivity index (χ2n) is 7.86. The number of rotatable bonds is 3. The van der Waals surface area contributed by atoms with Gasteiger partial charge in [-0.25, -0.2) is 13.2 Å². The number of halogens is 1. The molecule has 0 radical (unpaired) electrons. The molecule has 0 saturated carbocycles. The lowest BCUT2D eigenvalue weighted by Crippen LogP contribution is -2.39. The molecule has 2 fully saturated rings. The van der Waals surface area contributed by atoms with Crippen molar-refractivity contribution in [3.8, 4) is 0 Å². The summed E-state index contributed by atoms with van der Waals surface area (Å²) in [6, 6.07) is 4.39. The Kier molecular flexibility index (Phi) is 7.26. The molecule has 2 aliphatic rings. The maximum absolute atomic E-state index is 13.2. The highest BCUT2D eigenvalue weighted by Crippen LogP contribution is 2.29. The van der Waals surface area contributed by atoms with Gasteiger partial charge < -0.3 is 14.5 Å². The van der Waals surface area contributed by atoms with Crippen LogP contribution in [0.3, 0.4) is 0 Å². The van der Waals surface area contributed by atoms with Gasteiger partial charge in [-0.3, -0.25) is 4.79 Å². The van der Waals surface area contributed by atoms with Crippen molar-refractivity contribution in [2.45, 2.75) is 31.1 Å². The van der Waals surface area contributed by atoms with Crippen LogP contribution in [0.15, 0.2) is 23.1 Å². The number of amides is 2. The van der Waals surface area contributed by atoms with Crippen molar-refractivity contribution >= 4 is 33.6 Å². The number of nitrogens with zero attached hydrogens (tertiary/aromatic N) is 3. The normalized spacial score (nSPS) is 21.2. The molecule has 0 aromatic heterocycles. The standard InChI is InChI=1S/C20H28ClN3O5S/c1-15-5-3-10-24(14-15)30(27,28)18-13-16(6-7-17(18)21)19(25)22-8-4-9-23(12-11-22)20(26)29-2/h6-7,13,15H,3-5,8-12,14H2,1-2H3. The number of methoxy groups -OCH3 is 1. The maximum Gasteiger partial charge on any atom is 0.409 e. The Morgan fingerprint density at radius 2 is 1.77 bits per heavy atom. The van der Waals surface area contributed by atoms with Gasteiger partial charge >= 0.3 is 6.09 Å². The molecule has 0 spiro atoms. The van der Waals surface area contributed by atoms with Gasteiger partial charge in [0.1, 0.15) is 4.90 Å². The van der Waals surface area contributed by atoms with Crippen LogP contribution >= 0.6 is 11.6 Å². The molecule has 166 valence electrons. The van der Waals surface area contributed by atoms with E-state index in [1.165, 1.54) is 23.5 Å². The molecule has 1 atom stereocenters. The van der Waals surface area contributed by atoms with Gasteiger partial charge in [-0.15, -0.1) is 0 Å². The number of piperidine rings is 1. The average Bonchev–Trinajstić information content (AvgIpc) is 2.99. The van der Waals surface area contributed by atoms with Crippen LogP contribution in [-0.4, -0.2) is 80.9 Å². The monoisotopic (exact) mass is 457 g/mol. The molecule has 10 heteroatoms. The van der Waals surface area contributed by atoms with Crippen molar-refractivity contribution in [3.63, 3.8) is 0 Å². The molecule has 0 N–H and O–H groups in total. The summed E-state index contributed by atoms with van der Waals surface area (Å²) in [5.74, 6) is 0.00816. The zero-order valence-electron chi connectivity index (χ0n) is 17.3. The highest BCUT2D eigenvalue weighted by molar-refractivity contribution is 7.89. The van der Waals surface area contributed by atoms with Gasteiger partial charge in [0.05, 0.1) is 12.1 Å². The zero-order valence-corrected chi connectivity index (χ0v) is 18.9. The number of ether oxygens (including phenoxy) is 1. The van der Waals surface area contributed by atoms with Crippen LogP contribution in [0.1, 0.15) is 36.5 Å². The predicted octanol–water partition coefficient (Wildman–Crippen LogP) is 2.67. The molecule has 8 nitrogen and oxygen atoms in total. The lowest BCUT2D eigenvalue weighted by atomic mass is 10.0. The third-order valence-electron chi connectivity index (χ3n) is 5.63. The summed E-state index contributed by atoms with van der Waals surface area (Å²) >= 11 is 6.23. The smallest absolute Gasteiger partial charge is 0.409 e. The summed E-state index contributed by atoms with van der Waals surface area (Å²) in [7, 11) is -2.45. The fourth-order valence-corrected chi connectivity index (χ4v) is 6.05. The Balaban J connectivity index is 1.80. The van der Waals surface area contributed by atoms with Crippen molar-refractivity contribution < 1.29 is 22.7 Å². The second kappa shape index (κ2) is 9.53. The first kappa shape index (κ1) is 22.8. The van der Waals surface area contributed by atoms with E-state index in [9.17, 15) is 18.0 Å². The molecule has 0 bridgehead atoms. The van der Waals surface area contributed by atoms with Crippen molar-refractivity contribution in [1.29, 1.82) is 0 Å². The number of carbonyl (C=O) groups excluding carboxylic acids is 2. The molecule has 0 aliphatic carbocycles. The minimum absolute atomic E-state index is 0.0323. The van der Waals surface area contributed by atoms with Crippen LogP contribution in [0.25, 0.3) is 0 Å². The number of benzene rings is 1. The summed E-state index contributed by atoms with van der Waals surface area (Å²) < 4.78 is 32.5. The van der Waals surface area contributed by atoms with Crippen molar-refractivity contribution in [2.24, 2.45) is 5.92 Å². The first-order chi connectivity index (χ1) is 14.2. The van der Waals surface area contributed by atoms with Gasteiger partial charge in [-0.2, -0.15) is 4.31 Å². The van der Waals surface area contributed by atoms with Crippen LogP contribution in [0.4, 0.5) is 4.79 Å². The fraction of sp³-hybridized carbons (Fsp3) is 0.600. The van der Waals surface area contributed by atoms with E-state index in [2.05, 4.69) is 0 Å². The summed E-state index contributed by atoms with van der Waals surface area (Å²) in [6.07, 6.45) is 2.00. The van der Waals surface area contributed by atoms with Crippen LogP contribution in [0.2, 0.25) is 5.02 Å². The minimum Gasteiger partial charge on any atom is -0.453 e. The quantitative estimate of drug-likeness (QED) is 0.696. The molecule has 30 heavy (non-hydrogen) atoms. The molecule has 1 aromatic carbocycles. The van der Waals surface area contributed by atoms with Crippen LogP contribution in [0.5, 0.6) is 0 Å². The number of carbonyl (C=O) groups is 2. The maximum atomic E-state index is 13.2. The third-order valence-corrected chi connectivity index (χ3v) is 7.98. The Bertz CT molecular complexity index is 908. The lowest BCUT2D eigenvalue weighted by molar-refractivity contribution is 0.0757. The van der Waals surface area contributed by atoms with E-state index in [0.29, 0.717) is 45.7 Å². The van der Waals surface area contributed by atoms with Gasteiger partial charge in [-0.1, -0.05) is 18.5 Å². The Morgan fingerprint density at radius 3 is 2.47 bits per heavy atom. The molecule has 2 heterocycles. The second-order valence-corrected chi connectivity index (χ2v) is 10.2. The zero-order chi connectivity index (χ0) is 21.9. The molecule has 1 unspecified atom stereocenters. The van der Waals surface area contributed by atoms with E-state index in [4.69, 9.17) is 16.3 Å². The van der Waals surface area contributed by atoms with Crippen molar-refractivity contribution in [2.75, 3.05) is 46.4 Å². The summed E-state index contributed by atoms with van der Waals surface area (Å²) in [5, 5.41) is 0.109. The molecule has 2 amide bonds. The van der Waals surface area contributed by atoms with E-state index < -0.39 is 16.1 Å². The number of hydrogen-bond acceptors (Lipinski definition) is 5. The predicted molar refractivity (Wildman–Crippen MR) is 113 cm³/mol. The van der Waals surface area contributed by atoms with E-state index in [1.807, 2.05) is 6.92 Å². The third kappa shape index (κ3) is 4.90. The largest absolute Gasteiger partial charge is 0.453 e. The fourth-order valence-electron chi connectivity index (χ4n) is 3.95. The van der Waals surface area contributed by atoms with Crippen molar-refractivity contribution in [3.05, 3.63) is 28.8 Å². The van der Waals surface area contributed by atoms with Gasteiger partial charge in [0.15, 0.2) is 0 Å². The lowest BCUT2D eigenvalue weighted by Gasteiger charge is -2.30. The molecule has 2 saturated heterocycles. The molecule has 1 aromatic rings. The van der Waals surface area contributed by atoms with Gasteiger partial charge in [0.25, 0.3) is 5.91 Å². The van der Waals surface area contributed by atoms with Crippen LogP contribution in [0, 0.1) is 5.92 Å². The van der Waals surface area contributed by atoms with E-state index in [1.54, 1.807) is 15.9 Å². The average molecular weight is 458 g/mol. The van der Waals surface area contributed by atoms with Gasteiger partial charge in [-0.05, 0) is 43.4 Å². The van der Waals surface area contributed by atoms with E-state index in [-0.39, 0.29) is 27.3 Å². The first-order valence-corrected chi connectivity index (χ1v) is 12.0. The van der Waals surface area contributed by atoms with E-state index >= 15 is 0 Å². The van der Waals surface area contributed by atoms with Crippen LogP contribution < -0.4 is 0 Å². The topological polar surface area (TPSA) is 87.2 Å². The highest BCUT2D eigenvalue weighted by atomic mass is 35.5. The Labute approximate surface area is 182 Å². The molecular weight excluding hydrogens is 430 g/mol. The first-order valence-electron chi connectivity index (χ1n) is 10.2.